The molecule has 0 saturated carbocycles. The van der Waals surface area contributed by atoms with Crippen molar-refractivity contribution in [1.82, 2.24) is 10.2 Å². The van der Waals surface area contributed by atoms with Crippen LogP contribution in [0.4, 0.5) is 5.69 Å². The van der Waals surface area contributed by atoms with Gasteiger partial charge in [0.2, 0.25) is 11.8 Å². The van der Waals surface area contributed by atoms with Crippen molar-refractivity contribution < 1.29 is 18.0 Å². The third kappa shape index (κ3) is 6.94. The molecular weight excluding hydrogens is 522 g/mol. The maximum absolute atomic E-state index is 13.9. The van der Waals surface area contributed by atoms with Gasteiger partial charge in [0.15, 0.2) is 0 Å². The number of hydrogen-bond donors (Lipinski definition) is 1. The number of anilines is 1. The van der Waals surface area contributed by atoms with Crippen LogP contribution in [0.3, 0.4) is 0 Å². The summed E-state index contributed by atoms with van der Waals surface area (Å²) in [4.78, 5) is 28.3. The zero-order valence-corrected chi connectivity index (χ0v) is 23.7. The van der Waals surface area contributed by atoms with E-state index in [1.165, 1.54) is 17.0 Å². The normalized spacial score (nSPS) is 12.0. The summed E-state index contributed by atoms with van der Waals surface area (Å²) in [7, 11) is -4.14. The smallest absolute Gasteiger partial charge is 0.264 e. The molecule has 9 heteroatoms. The largest absolute Gasteiger partial charge is 0.354 e. The summed E-state index contributed by atoms with van der Waals surface area (Å²) in [6, 6.07) is 19.7. The molecule has 3 aromatic carbocycles. The summed E-state index contributed by atoms with van der Waals surface area (Å²) >= 11 is 6.35. The molecule has 202 valence electrons. The lowest BCUT2D eigenvalue weighted by molar-refractivity contribution is -0.139. The number of nitrogens with zero attached hydrogens (tertiary/aromatic N) is 2. The predicted molar refractivity (Wildman–Crippen MR) is 152 cm³/mol. The van der Waals surface area contributed by atoms with Crippen LogP contribution in [0.5, 0.6) is 0 Å². The van der Waals surface area contributed by atoms with Crippen LogP contribution in [0.1, 0.15) is 37.0 Å². The van der Waals surface area contributed by atoms with Gasteiger partial charge in [-0.15, -0.1) is 0 Å². The Morgan fingerprint density at radius 3 is 2.32 bits per heavy atom. The molecule has 1 N–H and O–H groups in total. The van der Waals surface area contributed by atoms with E-state index < -0.39 is 28.5 Å². The lowest BCUT2D eigenvalue weighted by Crippen LogP contribution is -2.51. The standard InChI is InChI=1S/C29H34ClN3O4S/c1-5-17-31-29(35)23(4)32(19-24-12-9-11-21(2)18-24)28(34)20-33(27-16-10-15-26(30)22(27)3)38(36,37)25-13-7-6-8-14-25/h6-16,18,23H,5,17,19-20H2,1-4H3,(H,31,35)/t23-/m0/s1. The molecule has 0 aliphatic carbocycles. The fourth-order valence-electron chi connectivity index (χ4n) is 4.09. The minimum atomic E-state index is -4.14. The van der Waals surface area contributed by atoms with Gasteiger partial charge in [-0.1, -0.05) is 72.6 Å². The number of halogens is 1. The molecular formula is C29H34ClN3O4S. The van der Waals surface area contributed by atoms with Gasteiger partial charge in [0.25, 0.3) is 10.0 Å². The average Bonchev–Trinajstić information content (AvgIpc) is 2.90. The van der Waals surface area contributed by atoms with Crippen molar-refractivity contribution in [3.05, 3.63) is 94.5 Å². The Morgan fingerprint density at radius 1 is 0.974 bits per heavy atom. The molecule has 0 saturated heterocycles. The van der Waals surface area contributed by atoms with Crippen molar-refractivity contribution in [2.45, 2.75) is 51.6 Å². The van der Waals surface area contributed by atoms with Gasteiger partial charge in [-0.25, -0.2) is 8.42 Å². The number of sulfonamides is 1. The van der Waals surface area contributed by atoms with Gasteiger partial charge in [0.05, 0.1) is 10.6 Å². The van der Waals surface area contributed by atoms with Crippen molar-refractivity contribution in [2.24, 2.45) is 0 Å². The summed E-state index contributed by atoms with van der Waals surface area (Å²) in [6.07, 6.45) is 0.751. The van der Waals surface area contributed by atoms with E-state index in [0.29, 0.717) is 22.8 Å². The lowest BCUT2D eigenvalue weighted by Gasteiger charge is -2.32. The predicted octanol–water partition coefficient (Wildman–Crippen LogP) is 5.10. The van der Waals surface area contributed by atoms with Crippen LogP contribution in [0, 0.1) is 13.8 Å². The number of hydrogen-bond acceptors (Lipinski definition) is 4. The maximum Gasteiger partial charge on any atom is 0.264 e. The zero-order chi connectivity index (χ0) is 27.9. The Hall–Kier alpha value is -3.36. The Morgan fingerprint density at radius 2 is 1.66 bits per heavy atom. The van der Waals surface area contributed by atoms with Gasteiger partial charge in [0, 0.05) is 18.1 Å². The minimum absolute atomic E-state index is 0.0474. The van der Waals surface area contributed by atoms with E-state index in [-0.39, 0.29) is 17.3 Å². The summed E-state index contributed by atoms with van der Waals surface area (Å²) < 4.78 is 28.7. The first kappa shape index (κ1) is 29.2. The number of amides is 2. The van der Waals surface area contributed by atoms with Crippen molar-refractivity contribution in [3.8, 4) is 0 Å². The van der Waals surface area contributed by atoms with Crippen LogP contribution < -0.4 is 9.62 Å². The van der Waals surface area contributed by atoms with E-state index in [0.717, 1.165) is 21.9 Å². The molecule has 0 heterocycles. The number of rotatable bonds is 11. The van der Waals surface area contributed by atoms with Gasteiger partial charge in [-0.2, -0.15) is 0 Å². The highest BCUT2D eigenvalue weighted by molar-refractivity contribution is 7.92. The molecule has 0 aromatic heterocycles. The Kier molecular flexibility index (Phi) is 9.94. The molecule has 3 rings (SSSR count). The summed E-state index contributed by atoms with van der Waals surface area (Å²) in [5.74, 6) is -0.811. The Bertz CT molecular complexity index is 1380. The van der Waals surface area contributed by atoms with Gasteiger partial charge in [-0.05, 0) is 62.6 Å². The van der Waals surface area contributed by atoms with Crippen LogP contribution in [0.2, 0.25) is 5.02 Å². The zero-order valence-electron chi connectivity index (χ0n) is 22.1. The highest BCUT2D eigenvalue weighted by Crippen LogP contribution is 2.31. The lowest BCUT2D eigenvalue weighted by atomic mass is 10.1. The van der Waals surface area contributed by atoms with E-state index in [1.807, 2.05) is 38.1 Å². The summed E-state index contributed by atoms with van der Waals surface area (Å²) in [5.41, 5.74) is 2.68. The fraction of sp³-hybridized carbons (Fsp3) is 0.310. The van der Waals surface area contributed by atoms with E-state index in [1.54, 1.807) is 50.2 Å². The van der Waals surface area contributed by atoms with Crippen molar-refractivity contribution >= 4 is 39.1 Å². The van der Waals surface area contributed by atoms with E-state index in [2.05, 4.69) is 5.32 Å². The molecule has 0 aliphatic heterocycles. The second kappa shape index (κ2) is 12.9. The van der Waals surface area contributed by atoms with Crippen LogP contribution >= 0.6 is 11.6 Å². The molecule has 0 radical (unpaired) electrons. The molecule has 0 fully saturated rings. The molecule has 38 heavy (non-hydrogen) atoms. The molecule has 0 bridgehead atoms. The quantitative estimate of drug-likeness (QED) is 0.357. The molecule has 0 aliphatic rings. The van der Waals surface area contributed by atoms with E-state index in [9.17, 15) is 18.0 Å². The van der Waals surface area contributed by atoms with Crippen LogP contribution in [-0.2, 0) is 26.2 Å². The van der Waals surface area contributed by atoms with Gasteiger partial charge < -0.3 is 10.2 Å². The average molecular weight is 556 g/mol. The molecule has 1 atom stereocenters. The number of carbonyl (C=O) groups excluding carboxylic acids is 2. The fourth-order valence-corrected chi connectivity index (χ4v) is 5.75. The van der Waals surface area contributed by atoms with Crippen molar-refractivity contribution in [3.63, 3.8) is 0 Å². The van der Waals surface area contributed by atoms with E-state index in [4.69, 9.17) is 11.6 Å². The number of carbonyl (C=O) groups is 2. The van der Waals surface area contributed by atoms with Crippen molar-refractivity contribution in [1.29, 1.82) is 0 Å². The second-order valence-electron chi connectivity index (χ2n) is 9.19. The van der Waals surface area contributed by atoms with Crippen LogP contribution in [0.25, 0.3) is 0 Å². The molecule has 0 unspecified atom stereocenters. The first-order chi connectivity index (χ1) is 18.1. The second-order valence-corrected chi connectivity index (χ2v) is 11.5. The van der Waals surface area contributed by atoms with Gasteiger partial charge in [-0.3, -0.25) is 13.9 Å². The van der Waals surface area contributed by atoms with Gasteiger partial charge >= 0.3 is 0 Å². The highest BCUT2D eigenvalue weighted by Gasteiger charge is 2.33. The number of aryl methyl sites for hydroxylation is 1. The first-order valence-corrected chi connectivity index (χ1v) is 14.3. The highest BCUT2D eigenvalue weighted by atomic mass is 35.5. The number of benzene rings is 3. The molecule has 2 amide bonds. The van der Waals surface area contributed by atoms with Crippen LogP contribution in [-0.4, -0.2) is 44.3 Å². The first-order valence-electron chi connectivity index (χ1n) is 12.5. The SMILES string of the molecule is CCCNC(=O)[C@H](C)N(Cc1cccc(C)c1)C(=O)CN(c1cccc(Cl)c1C)S(=O)(=O)c1ccccc1. The Balaban J connectivity index is 2.05. The third-order valence-corrected chi connectivity index (χ3v) is 8.45. The van der Waals surface area contributed by atoms with E-state index >= 15 is 0 Å². The summed E-state index contributed by atoms with van der Waals surface area (Å²) in [5, 5.41) is 3.22. The van der Waals surface area contributed by atoms with Crippen molar-refractivity contribution in [2.75, 3.05) is 17.4 Å². The summed E-state index contributed by atoms with van der Waals surface area (Å²) in [6.45, 7) is 7.38. The third-order valence-electron chi connectivity index (χ3n) is 6.27. The van der Waals surface area contributed by atoms with Crippen LogP contribution in [0.15, 0.2) is 77.7 Å². The molecule has 7 nitrogen and oxygen atoms in total. The number of nitrogens with one attached hydrogen (secondary N) is 1. The molecule has 0 spiro atoms. The molecule has 3 aromatic rings. The minimum Gasteiger partial charge on any atom is -0.354 e. The monoisotopic (exact) mass is 555 g/mol. The maximum atomic E-state index is 13.9. The topological polar surface area (TPSA) is 86.8 Å². The van der Waals surface area contributed by atoms with Gasteiger partial charge in [0.1, 0.15) is 12.6 Å². The Labute approximate surface area is 230 Å².